The average Bonchev–Trinajstić information content (AvgIpc) is 2.39. The van der Waals surface area contributed by atoms with E-state index < -0.39 is 6.04 Å². The van der Waals surface area contributed by atoms with E-state index in [2.05, 4.69) is 9.59 Å². The van der Waals surface area contributed by atoms with Crippen LogP contribution in [0.15, 0.2) is 5.38 Å². The highest BCUT2D eigenvalue weighted by Gasteiger charge is 2.09. The normalized spacial score (nSPS) is 12.9. The van der Waals surface area contributed by atoms with Gasteiger partial charge in [0.15, 0.2) is 5.78 Å². The number of aromatic nitrogens is 2. The molecule has 0 bridgehead atoms. The van der Waals surface area contributed by atoms with Crippen LogP contribution in [0.2, 0.25) is 0 Å². The molecule has 1 heterocycles. The molecule has 0 saturated carbocycles. The zero-order valence-electron chi connectivity index (χ0n) is 6.15. The fourth-order valence-corrected chi connectivity index (χ4v) is 1.05. The maximum atomic E-state index is 11.0. The topological polar surface area (TPSA) is 68.9 Å². The van der Waals surface area contributed by atoms with Crippen molar-refractivity contribution in [3.05, 3.63) is 11.1 Å². The second-order valence-corrected chi connectivity index (χ2v) is 2.94. The highest BCUT2D eigenvalue weighted by Crippen LogP contribution is 1.99. The first-order valence-electron chi connectivity index (χ1n) is 3.24. The monoisotopic (exact) mass is 171 g/mol. The molecular weight excluding hydrogens is 162 g/mol. The van der Waals surface area contributed by atoms with Gasteiger partial charge in [0.05, 0.1) is 18.2 Å². The number of hydrogen-bond donors (Lipinski definition) is 1. The van der Waals surface area contributed by atoms with E-state index in [1.807, 2.05) is 0 Å². The molecule has 0 aromatic carbocycles. The fraction of sp³-hybridized carbons (Fsp3) is 0.500. The van der Waals surface area contributed by atoms with E-state index in [1.54, 1.807) is 12.3 Å². The number of carbonyl (C=O) groups is 1. The first-order chi connectivity index (χ1) is 5.20. The molecule has 0 radical (unpaired) electrons. The lowest BCUT2D eigenvalue weighted by atomic mass is 10.1. The number of carbonyl (C=O) groups excluding carboxylic acids is 1. The number of Topliss-reactive ketones (excluding diaryl/α,β-unsaturated/α-hetero) is 1. The van der Waals surface area contributed by atoms with E-state index in [0.717, 1.165) is 0 Å². The van der Waals surface area contributed by atoms with Gasteiger partial charge in [0.2, 0.25) is 0 Å². The largest absolute Gasteiger partial charge is 0.322 e. The van der Waals surface area contributed by atoms with E-state index in [1.165, 1.54) is 11.5 Å². The molecule has 1 aromatic rings. The third-order valence-corrected chi connectivity index (χ3v) is 1.82. The lowest BCUT2D eigenvalue weighted by Gasteiger charge is -1.99. The Morgan fingerprint density at radius 3 is 3.09 bits per heavy atom. The molecule has 0 saturated heterocycles. The Labute approximate surface area is 68.6 Å². The summed E-state index contributed by atoms with van der Waals surface area (Å²) in [6.07, 6.45) is 0.300. The van der Waals surface area contributed by atoms with Crippen molar-refractivity contribution in [2.24, 2.45) is 5.73 Å². The Kier molecular flexibility index (Phi) is 2.67. The number of hydrogen-bond acceptors (Lipinski definition) is 5. The highest BCUT2D eigenvalue weighted by atomic mass is 32.1. The summed E-state index contributed by atoms with van der Waals surface area (Å²) >= 11 is 1.24. The molecule has 2 N–H and O–H groups in total. The zero-order chi connectivity index (χ0) is 8.27. The van der Waals surface area contributed by atoms with Gasteiger partial charge in [-0.3, -0.25) is 4.79 Å². The summed E-state index contributed by atoms with van der Waals surface area (Å²) in [5.74, 6) is -0.00213. The van der Waals surface area contributed by atoms with E-state index in [9.17, 15) is 4.79 Å². The standard InChI is InChI=1S/C6H9N3OS/c1-4(7)6(10)2-5-3-11-9-8-5/h3-4H,2,7H2,1H3. The summed E-state index contributed by atoms with van der Waals surface area (Å²) in [6.45, 7) is 1.67. The SMILES string of the molecule is CC(N)C(=O)Cc1csnn1. The van der Waals surface area contributed by atoms with E-state index in [-0.39, 0.29) is 5.78 Å². The number of ketones is 1. The summed E-state index contributed by atoms with van der Waals surface area (Å²) in [5, 5.41) is 5.48. The Hall–Kier alpha value is -0.810. The van der Waals surface area contributed by atoms with Crippen molar-refractivity contribution in [3.8, 4) is 0 Å². The summed E-state index contributed by atoms with van der Waals surface area (Å²) in [7, 11) is 0. The van der Waals surface area contributed by atoms with Crippen molar-refractivity contribution in [3.63, 3.8) is 0 Å². The van der Waals surface area contributed by atoms with Crippen LogP contribution in [-0.2, 0) is 11.2 Å². The summed E-state index contributed by atoms with van der Waals surface area (Å²) < 4.78 is 3.63. The number of rotatable bonds is 3. The molecule has 0 aliphatic rings. The molecule has 0 aliphatic heterocycles. The van der Waals surface area contributed by atoms with Crippen LogP contribution in [0.5, 0.6) is 0 Å². The van der Waals surface area contributed by atoms with Gasteiger partial charge in [-0.15, -0.1) is 5.10 Å². The van der Waals surface area contributed by atoms with Gasteiger partial charge in [-0.1, -0.05) is 4.49 Å². The van der Waals surface area contributed by atoms with Gasteiger partial charge in [0.1, 0.15) is 0 Å². The Balaban J connectivity index is 2.50. The smallest absolute Gasteiger partial charge is 0.155 e. The van der Waals surface area contributed by atoms with Gasteiger partial charge < -0.3 is 5.73 Å². The summed E-state index contributed by atoms with van der Waals surface area (Å²) in [4.78, 5) is 11.0. The van der Waals surface area contributed by atoms with Crippen LogP contribution >= 0.6 is 11.5 Å². The van der Waals surface area contributed by atoms with Gasteiger partial charge in [0, 0.05) is 5.38 Å². The second-order valence-electron chi connectivity index (χ2n) is 2.33. The van der Waals surface area contributed by atoms with Crippen molar-refractivity contribution in [2.75, 3.05) is 0 Å². The van der Waals surface area contributed by atoms with Gasteiger partial charge in [0.25, 0.3) is 0 Å². The second kappa shape index (κ2) is 3.54. The van der Waals surface area contributed by atoms with Crippen LogP contribution in [0.25, 0.3) is 0 Å². The van der Waals surface area contributed by atoms with Crippen LogP contribution in [0.3, 0.4) is 0 Å². The zero-order valence-corrected chi connectivity index (χ0v) is 6.97. The van der Waals surface area contributed by atoms with Crippen LogP contribution in [0.1, 0.15) is 12.6 Å². The van der Waals surface area contributed by atoms with Crippen LogP contribution in [0, 0.1) is 0 Å². The molecule has 0 aliphatic carbocycles. The van der Waals surface area contributed by atoms with E-state index in [0.29, 0.717) is 12.1 Å². The van der Waals surface area contributed by atoms with Crippen molar-refractivity contribution in [1.82, 2.24) is 9.59 Å². The van der Waals surface area contributed by atoms with Crippen molar-refractivity contribution < 1.29 is 4.79 Å². The maximum Gasteiger partial charge on any atom is 0.155 e. The molecule has 1 aromatic heterocycles. The van der Waals surface area contributed by atoms with Crippen LogP contribution in [-0.4, -0.2) is 21.4 Å². The third-order valence-electron chi connectivity index (χ3n) is 1.27. The predicted octanol–water partition coefficient (Wildman–Crippen LogP) is -0.00310. The van der Waals surface area contributed by atoms with Gasteiger partial charge in [-0.25, -0.2) is 0 Å². The Morgan fingerprint density at radius 1 is 1.91 bits per heavy atom. The van der Waals surface area contributed by atoms with Gasteiger partial charge in [-0.05, 0) is 18.5 Å². The quantitative estimate of drug-likeness (QED) is 0.694. The average molecular weight is 171 g/mol. The van der Waals surface area contributed by atoms with Crippen LogP contribution in [0.4, 0.5) is 0 Å². The molecule has 1 rings (SSSR count). The first kappa shape index (κ1) is 8.29. The summed E-state index contributed by atoms with van der Waals surface area (Å²) in [5.41, 5.74) is 6.06. The van der Waals surface area contributed by atoms with Crippen LogP contribution < -0.4 is 5.73 Å². The number of nitrogens with zero attached hydrogens (tertiary/aromatic N) is 2. The van der Waals surface area contributed by atoms with E-state index >= 15 is 0 Å². The fourth-order valence-electron chi connectivity index (χ4n) is 0.601. The first-order valence-corrected chi connectivity index (χ1v) is 4.08. The lowest BCUT2D eigenvalue weighted by molar-refractivity contribution is -0.119. The Morgan fingerprint density at radius 2 is 2.64 bits per heavy atom. The minimum atomic E-state index is -0.406. The molecule has 0 amide bonds. The predicted molar refractivity (Wildman–Crippen MR) is 42.3 cm³/mol. The molecule has 0 spiro atoms. The van der Waals surface area contributed by atoms with Crippen molar-refractivity contribution in [2.45, 2.75) is 19.4 Å². The molecule has 60 valence electrons. The van der Waals surface area contributed by atoms with Gasteiger partial charge in [-0.2, -0.15) is 0 Å². The minimum Gasteiger partial charge on any atom is -0.322 e. The molecule has 1 unspecified atom stereocenters. The molecule has 4 nitrogen and oxygen atoms in total. The van der Waals surface area contributed by atoms with Crippen molar-refractivity contribution in [1.29, 1.82) is 0 Å². The molecule has 0 fully saturated rings. The molecule has 5 heteroatoms. The van der Waals surface area contributed by atoms with Gasteiger partial charge >= 0.3 is 0 Å². The molecule has 11 heavy (non-hydrogen) atoms. The van der Waals surface area contributed by atoms with Crippen molar-refractivity contribution >= 4 is 17.3 Å². The third kappa shape index (κ3) is 2.36. The lowest BCUT2D eigenvalue weighted by Crippen LogP contribution is -2.28. The maximum absolute atomic E-state index is 11.0. The minimum absolute atomic E-state index is 0.00213. The molecular formula is C6H9N3OS. The molecule has 1 atom stereocenters. The number of nitrogens with two attached hydrogens (primary N) is 1. The van der Waals surface area contributed by atoms with E-state index in [4.69, 9.17) is 5.73 Å². The Bertz CT molecular complexity index is 232. The highest BCUT2D eigenvalue weighted by molar-refractivity contribution is 7.03. The summed E-state index contributed by atoms with van der Waals surface area (Å²) in [6, 6.07) is -0.406.